The van der Waals surface area contributed by atoms with Gasteiger partial charge in [0.15, 0.2) is 0 Å². The van der Waals surface area contributed by atoms with Crippen LogP contribution in [0.4, 0.5) is 0 Å². The Labute approximate surface area is 114 Å². The predicted octanol–water partition coefficient (Wildman–Crippen LogP) is 4.42. The monoisotopic (exact) mass is 264 g/mol. The molecule has 0 aliphatic rings. The van der Waals surface area contributed by atoms with Crippen molar-refractivity contribution in [2.24, 2.45) is 5.41 Å². The summed E-state index contributed by atoms with van der Waals surface area (Å²) < 4.78 is 2.34. The zero-order valence-corrected chi connectivity index (χ0v) is 12.3. The molecule has 3 heteroatoms. The Kier molecular flexibility index (Phi) is 3.67. The highest BCUT2D eigenvalue weighted by atomic mass is 35.5. The molecule has 2 nitrogen and oxygen atoms in total. The summed E-state index contributed by atoms with van der Waals surface area (Å²) in [6.45, 7) is 9.04. The fraction of sp³-hybridized carbons (Fsp3) is 0.533. The Bertz CT molecular complexity index is 537. The number of imidazole rings is 1. The van der Waals surface area contributed by atoms with E-state index in [9.17, 15) is 0 Å². The molecule has 1 unspecified atom stereocenters. The summed E-state index contributed by atoms with van der Waals surface area (Å²) in [5, 5.41) is 0. The minimum atomic E-state index is 0.199. The lowest BCUT2D eigenvalue weighted by atomic mass is 9.87. The normalized spacial score (nSPS) is 14.1. The molecule has 0 amide bonds. The highest BCUT2D eigenvalue weighted by molar-refractivity contribution is 6.17. The smallest absolute Gasteiger partial charge is 0.111 e. The van der Waals surface area contributed by atoms with Gasteiger partial charge in [-0.25, -0.2) is 4.98 Å². The molecule has 0 aliphatic carbocycles. The number of halogens is 1. The zero-order chi connectivity index (χ0) is 13.3. The topological polar surface area (TPSA) is 17.8 Å². The van der Waals surface area contributed by atoms with Gasteiger partial charge in [0.05, 0.1) is 11.0 Å². The van der Waals surface area contributed by atoms with Gasteiger partial charge in [0.25, 0.3) is 0 Å². The van der Waals surface area contributed by atoms with Crippen molar-refractivity contribution in [3.05, 3.63) is 30.1 Å². The van der Waals surface area contributed by atoms with Gasteiger partial charge in [0.1, 0.15) is 5.82 Å². The van der Waals surface area contributed by atoms with Gasteiger partial charge < -0.3 is 4.57 Å². The van der Waals surface area contributed by atoms with E-state index in [0.29, 0.717) is 11.9 Å². The Morgan fingerprint density at radius 1 is 1.28 bits per heavy atom. The van der Waals surface area contributed by atoms with E-state index in [1.54, 1.807) is 0 Å². The largest absolute Gasteiger partial charge is 0.325 e. The van der Waals surface area contributed by atoms with Crippen molar-refractivity contribution < 1.29 is 0 Å². The quantitative estimate of drug-likeness (QED) is 0.750. The van der Waals surface area contributed by atoms with Crippen LogP contribution in [-0.4, -0.2) is 15.4 Å². The maximum atomic E-state index is 5.90. The Morgan fingerprint density at radius 3 is 2.56 bits per heavy atom. The Balaban J connectivity index is 2.61. The first-order valence-electron chi connectivity index (χ1n) is 6.47. The summed E-state index contributed by atoms with van der Waals surface area (Å²) in [5.74, 6) is 1.70. The van der Waals surface area contributed by atoms with Gasteiger partial charge in [-0.3, -0.25) is 0 Å². The van der Waals surface area contributed by atoms with Crippen LogP contribution in [0.25, 0.3) is 11.0 Å². The first kappa shape index (κ1) is 13.4. The van der Waals surface area contributed by atoms with Crippen LogP contribution < -0.4 is 0 Å². The lowest BCUT2D eigenvalue weighted by Gasteiger charge is -2.30. The Hall–Kier alpha value is -1.02. The summed E-state index contributed by atoms with van der Waals surface area (Å²) in [5.41, 5.74) is 2.47. The average molecular weight is 265 g/mol. The second-order valence-corrected chi connectivity index (χ2v) is 6.25. The fourth-order valence-electron chi connectivity index (χ4n) is 2.17. The Morgan fingerprint density at radius 2 is 1.94 bits per heavy atom. The highest BCUT2D eigenvalue weighted by Crippen LogP contribution is 2.34. The third kappa shape index (κ3) is 2.39. The molecule has 2 rings (SSSR count). The molecular formula is C15H21ClN2. The number of para-hydroxylation sites is 2. The molecule has 1 aromatic heterocycles. The van der Waals surface area contributed by atoms with Crippen molar-refractivity contribution in [2.75, 3.05) is 5.88 Å². The lowest BCUT2D eigenvalue weighted by Crippen LogP contribution is -2.23. The molecule has 1 heterocycles. The van der Waals surface area contributed by atoms with Gasteiger partial charge in [-0.2, -0.15) is 0 Å². The second kappa shape index (κ2) is 4.93. The molecular weight excluding hydrogens is 244 g/mol. The van der Waals surface area contributed by atoms with Gasteiger partial charge in [-0.05, 0) is 24.5 Å². The number of nitrogens with zero attached hydrogens (tertiary/aromatic N) is 2. The van der Waals surface area contributed by atoms with Gasteiger partial charge >= 0.3 is 0 Å². The van der Waals surface area contributed by atoms with Crippen LogP contribution in [0.15, 0.2) is 24.3 Å². The van der Waals surface area contributed by atoms with Crippen LogP contribution in [-0.2, 0) is 6.42 Å². The molecule has 0 spiro atoms. The van der Waals surface area contributed by atoms with E-state index in [1.807, 2.05) is 6.07 Å². The summed E-state index contributed by atoms with van der Waals surface area (Å²) >= 11 is 5.90. The minimum absolute atomic E-state index is 0.199. The maximum absolute atomic E-state index is 5.90. The number of hydrogen-bond donors (Lipinski definition) is 0. The summed E-state index contributed by atoms with van der Waals surface area (Å²) in [6, 6.07) is 8.70. The molecule has 0 saturated carbocycles. The summed E-state index contributed by atoms with van der Waals surface area (Å²) in [4.78, 5) is 4.72. The first-order chi connectivity index (χ1) is 8.45. The molecule has 18 heavy (non-hydrogen) atoms. The maximum Gasteiger partial charge on any atom is 0.111 e. The van der Waals surface area contributed by atoms with E-state index in [-0.39, 0.29) is 5.41 Å². The van der Waals surface area contributed by atoms with E-state index >= 15 is 0 Å². The summed E-state index contributed by atoms with van der Waals surface area (Å²) in [6.07, 6.45) is 0.816. The number of rotatable bonds is 3. The van der Waals surface area contributed by atoms with E-state index in [4.69, 9.17) is 16.6 Å². The number of alkyl halides is 1. The number of fused-ring (bicyclic) bond motifs is 1. The average Bonchev–Trinajstić information content (AvgIpc) is 2.65. The molecule has 1 aromatic carbocycles. The molecule has 98 valence electrons. The molecule has 0 radical (unpaired) electrons. The number of hydrogen-bond acceptors (Lipinski definition) is 1. The third-order valence-corrected chi connectivity index (χ3v) is 3.82. The van der Waals surface area contributed by atoms with Crippen molar-refractivity contribution in [3.8, 4) is 0 Å². The minimum Gasteiger partial charge on any atom is -0.325 e. The van der Waals surface area contributed by atoms with Crippen LogP contribution in [0.2, 0.25) is 0 Å². The number of aromatic nitrogens is 2. The molecule has 0 aliphatic heterocycles. The van der Waals surface area contributed by atoms with Gasteiger partial charge in [0.2, 0.25) is 0 Å². The number of aryl methyl sites for hydroxylation is 1. The fourth-order valence-corrected chi connectivity index (χ4v) is 2.34. The second-order valence-electron chi connectivity index (χ2n) is 5.87. The zero-order valence-electron chi connectivity index (χ0n) is 11.6. The van der Waals surface area contributed by atoms with Crippen LogP contribution in [0.5, 0.6) is 0 Å². The molecule has 0 bridgehead atoms. The van der Waals surface area contributed by atoms with Crippen molar-refractivity contribution in [3.63, 3.8) is 0 Å². The molecule has 0 saturated heterocycles. The van der Waals surface area contributed by atoms with E-state index in [0.717, 1.165) is 17.8 Å². The van der Waals surface area contributed by atoms with E-state index in [1.165, 1.54) is 5.52 Å². The SMILES string of the molecule is CC(n1c(CCCl)nc2ccccc21)C(C)(C)C. The van der Waals surface area contributed by atoms with Crippen molar-refractivity contribution in [1.82, 2.24) is 9.55 Å². The van der Waals surface area contributed by atoms with Crippen LogP contribution in [0.1, 0.15) is 39.6 Å². The van der Waals surface area contributed by atoms with Crippen LogP contribution in [0.3, 0.4) is 0 Å². The third-order valence-electron chi connectivity index (χ3n) is 3.63. The lowest BCUT2D eigenvalue weighted by molar-refractivity contribution is 0.263. The highest BCUT2D eigenvalue weighted by Gasteiger charge is 2.25. The molecule has 0 N–H and O–H groups in total. The van der Waals surface area contributed by atoms with Crippen molar-refractivity contribution in [2.45, 2.75) is 40.2 Å². The van der Waals surface area contributed by atoms with Crippen LogP contribution >= 0.6 is 11.6 Å². The van der Waals surface area contributed by atoms with Gasteiger partial charge in [-0.15, -0.1) is 11.6 Å². The van der Waals surface area contributed by atoms with Crippen molar-refractivity contribution in [1.29, 1.82) is 0 Å². The van der Waals surface area contributed by atoms with Crippen molar-refractivity contribution >= 4 is 22.6 Å². The molecule has 0 fully saturated rings. The standard InChI is InChI=1S/C15H21ClN2/c1-11(15(2,3)4)18-13-8-6-5-7-12(13)17-14(18)9-10-16/h5-8,11H,9-10H2,1-4H3. The van der Waals surface area contributed by atoms with Gasteiger partial charge in [-0.1, -0.05) is 32.9 Å². The van der Waals surface area contributed by atoms with E-state index in [2.05, 4.69) is 50.5 Å². The van der Waals surface area contributed by atoms with E-state index < -0.39 is 0 Å². The summed E-state index contributed by atoms with van der Waals surface area (Å²) in [7, 11) is 0. The first-order valence-corrected chi connectivity index (χ1v) is 7.00. The van der Waals surface area contributed by atoms with Crippen LogP contribution in [0, 0.1) is 5.41 Å². The van der Waals surface area contributed by atoms with Gasteiger partial charge in [0, 0.05) is 18.3 Å². The molecule has 1 atom stereocenters. The molecule has 2 aromatic rings. The predicted molar refractivity (Wildman–Crippen MR) is 78.3 cm³/mol. The number of benzene rings is 1.